The Bertz CT molecular complexity index is 403. The molecule has 0 aromatic carbocycles. The molecule has 0 aliphatic rings. The second kappa shape index (κ2) is 3.43. The van der Waals surface area contributed by atoms with Crippen LogP contribution in [0.1, 0.15) is 16.2 Å². The number of carbonyl (C=O) groups is 1. The first-order chi connectivity index (χ1) is 6.46. The van der Waals surface area contributed by atoms with Gasteiger partial charge in [-0.05, 0) is 0 Å². The van der Waals surface area contributed by atoms with Gasteiger partial charge in [0.15, 0.2) is 12.1 Å². The molecule has 1 rings (SSSR count). The fourth-order valence-electron chi connectivity index (χ4n) is 0.736. The van der Waals surface area contributed by atoms with Gasteiger partial charge in [0.1, 0.15) is 0 Å². The molecule has 0 fully saturated rings. The lowest BCUT2D eigenvalue weighted by Crippen LogP contribution is -2.12. The van der Waals surface area contributed by atoms with E-state index in [0.717, 1.165) is 0 Å². The molecule has 74 valence electrons. The second-order valence-electron chi connectivity index (χ2n) is 2.14. The summed E-state index contributed by atoms with van der Waals surface area (Å²) < 4.78 is 40.3. The summed E-state index contributed by atoms with van der Waals surface area (Å²) in [6, 6.07) is 0. The van der Waals surface area contributed by atoms with Crippen molar-refractivity contribution in [3.8, 4) is 0 Å². The van der Waals surface area contributed by atoms with Crippen LogP contribution in [0.15, 0.2) is 10.8 Å². The molecule has 0 atom stereocenters. The molecule has 1 heterocycles. The number of carbonyl (C=O) groups excluding carboxylic acids is 1. The zero-order chi connectivity index (χ0) is 10.8. The number of ketones is 1. The molecular weight excluding hydrogens is 203 g/mol. The van der Waals surface area contributed by atoms with Crippen LogP contribution in [0.3, 0.4) is 0 Å². The van der Waals surface area contributed by atoms with Gasteiger partial charge in [-0.25, -0.2) is 4.98 Å². The maximum Gasteiger partial charge on any atom is 0.452 e. The third-order valence-corrected chi connectivity index (χ3v) is 1.23. The van der Waals surface area contributed by atoms with E-state index in [4.69, 9.17) is 5.53 Å². The fraction of sp³-hybridized carbons (Fsp3) is 0.167. The molecule has 1 aromatic heterocycles. The number of rotatable bonds is 2. The highest BCUT2D eigenvalue weighted by Gasteiger charge is 2.40. The van der Waals surface area contributed by atoms with Crippen molar-refractivity contribution in [2.45, 2.75) is 6.18 Å². The average Bonchev–Trinajstić information content (AvgIpc) is 2.50. The first-order valence-electron chi connectivity index (χ1n) is 3.19. The van der Waals surface area contributed by atoms with Crippen LogP contribution in [-0.2, 0) is 6.18 Å². The van der Waals surface area contributed by atoms with E-state index in [1.165, 1.54) is 0 Å². The number of Topliss-reactive ketones (excluding diaryl/α,β-unsaturated/α-hetero) is 1. The van der Waals surface area contributed by atoms with Crippen LogP contribution in [-0.4, -0.2) is 21.8 Å². The van der Waals surface area contributed by atoms with E-state index in [1.807, 2.05) is 0 Å². The lowest BCUT2D eigenvalue weighted by atomic mass is 10.2. The van der Waals surface area contributed by atoms with Crippen LogP contribution >= 0.6 is 0 Å². The van der Waals surface area contributed by atoms with Gasteiger partial charge >= 0.3 is 12.4 Å². The number of aromatic nitrogens is 1. The minimum absolute atomic E-state index is 0.299. The van der Waals surface area contributed by atoms with Crippen molar-refractivity contribution in [3.05, 3.63) is 23.4 Å². The Balaban J connectivity index is 3.17. The smallest absolute Gasteiger partial charge is 0.438 e. The number of halogens is 3. The first-order valence-corrected chi connectivity index (χ1v) is 3.19. The van der Waals surface area contributed by atoms with Crippen molar-refractivity contribution < 1.29 is 27.2 Å². The molecule has 0 unspecified atom stereocenters. The maximum atomic E-state index is 12.1. The van der Waals surface area contributed by atoms with Gasteiger partial charge in [-0.15, -0.1) is 0 Å². The zero-order valence-electron chi connectivity index (χ0n) is 6.45. The van der Waals surface area contributed by atoms with Crippen molar-refractivity contribution >= 4 is 12.0 Å². The summed E-state index contributed by atoms with van der Waals surface area (Å²) in [4.78, 5) is 16.2. The van der Waals surface area contributed by atoms with E-state index >= 15 is 0 Å². The fourth-order valence-corrected chi connectivity index (χ4v) is 0.736. The van der Waals surface area contributed by atoms with Gasteiger partial charge in [-0.2, -0.15) is 18.0 Å². The lowest BCUT2D eigenvalue weighted by molar-refractivity contribution is -0.153. The topological polar surface area (TPSA) is 79.5 Å². The summed E-state index contributed by atoms with van der Waals surface area (Å²) in [6.45, 7) is 0. The van der Waals surface area contributed by atoms with Crippen LogP contribution in [0.4, 0.5) is 13.2 Å². The molecule has 0 saturated carbocycles. The SMILES string of the molecule is [N-]=[N+]=CC(=O)c1ncoc1C(F)(F)F. The third kappa shape index (κ3) is 1.86. The minimum atomic E-state index is -4.80. The van der Waals surface area contributed by atoms with E-state index in [0.29, 0.717) is 12.6 Å². The van der Waals surface area contributed by atoms with Crippen molar-refractivity contribution in [3.63, 3.8) is 0 Å². The minimum Gasteiger partial charge on any atom is -0.438 e. The third-order valence-electron chi connectivity index (χ3n) is 1.23. The van der Waals surface area contributed by atoms with Crippen molar-refractivity contribution in [2.75, 3.05) is 0 Å². The van der Waals surface area contributed by atoms with Crippen molar-refractivity contribution in [1.82, 2.24) is 4.98 Å². The largest absolute Gasteiger partial charge is 0.452 e. The Morgan fingerprint density at radius 1 is 1.64 bits per heavy atom. The molecule has 0 aliphatic heterocycles. The Labute approximate surface area is 74.8 Å². The van der Waals surface area contributed by atoms with Crippen LogP contribution in [0.25, 0.3) is 5.53 Å². The Kier molecular flexibility index (Phi) is 2.48. The predicted molar refractivity (Wildman–Crippen MR) is 35.5 cm³/mol. The lowest BCUT2D eigenvalue weighted by Gasteiger charge is -2.00. The molecular formula is C6H2F3N3O2. The van der Waals surface area contributed by atoms with Crippen molar-refractivity contribution in [1.29, 1.82) is 0 Å². The standard InChI is InChI=1S/C6H2F3N3O2/c7-6(8,9)5-4(11-2-14-5)3(13)1-12-10/h1-2H. The number of hydrogen-bond donors (Lipinski definition) is 0. The normalized spacial score (nSPS) is 10.8. The molecule has 14 heavy (non-hydrogen) atoms. The molecule has 0 amide bonds. The molecule has 0 aliphatic carbocycles. The molecule has 1 aromatic rings. The number of hydrogen-bond acceptors (Lipinski definition) is 3. The van der Waals surface area contributed by atoms with Crippen molar-refractivity contribution in [2.24, 2.45) is 0 Å². The Hall–Kier alpha value is -1.95. The quantitative estimate of drug-likeness (QED) is 0.314. The molecule has 0 saturated heterocycles. The van der Waals surface area contributed by atoms with Gasteiger partial charge in [0.25, 0.3) is 5.78 Å². The molecule has 5 nitrogen and oxygen atoms in total. The summed E-state index contributed by atoms with van der Waals surface area (Å²) in [5.74, 6) is -2.70. The molecule has 0 spiro atoms. The summed E-state index contributed by atoms with van der Waals surface area (Å²) in [5.41, 5.74) is 7.00. The first kappa shape index (κ1) is 10.1. The van der Waals surface area contributed by atoms with Gasteiger partial charge in [0.05, 0.1) is 0 Å². The molecule has 0 bridgehead atoms. The average molecular weight is 205 g/mol. The van der Waals surface area contributed by atoms with E-state index < -0.39 is 23.4 Å². The predicted octanol–water partition coefficient (Wildman–Crippen LogP) is 1.18. The summed E-state index contributed by atoms with van der Waals surface area (Å²) in [5, 5.41) is 0. The number of nitrogens with zero attached hydrogens (tertiary/aromatic N) is 3. The van der Waals surface area contributed by atoms with E-state index in [9.17, 15) is 18.0 Å². The van der Waals surface area contributed by atoms with Gasteiger partial charge in [-0.1, -0.05) is 0 Å². The number of alkyl halides is 3. The van der Waals surface area contributed by atoms with Crippen LogP contribution in [0.2, 0.25) is 0 Å². The van der Waals surface area contributed by atoms with Crippen LogP contribution in [0, 0.1) is 0 Å². The Morgan fingerprint density at radius 2 is 2.29 bits per heavy atom. The zero-order valence-corrected chi connectivity index (χ0v) is 6.45. The van der Waals surface area contributed by atoms with E-state index in [1.54, 1.807) is 0 Å². The highest BCUT2D eigenvalue weighted by molar-refractivity contribution is 6.33. The van der Waals surface area contributed by atoms with Gasteiger partial charge < -0.3 is 9.95 Å². The van der Waals surface area contributed by atoms with Gasteiger partial charge in [0.2, 0.25) is 5.76 Å². The van der Waals surface area contributed by atoms with Crippen LogP contribution < -0.4 is 0 Å². The van der Waals surface area contributed by atoms with Crippen LogP contribution in [0.5, 0.6) is 0 Å². The number of oxazole rings is 1. The van der Waals surface area contributed by atoms with E-state index in [2.05, 4.69) is 14.2 Å². The molecule has 0 N–H and O–H groups in total. The monoisotopic (exact) mass is 205 g/mol. The van der Waals surface area contributed by atoms with Gasteiger partial charge in [0, 0.05) is 0 Å². The van der Waals surface area contributed by atoms with Gasteiger partial charge in [-0.3, -0.25) is 4.79 Å². The Morgan fingerprint density at radius 3 is 2.79 bits per heavy atom. The molecule has 0 radical (unpaired) electrons. The summed E-state index contributed by atoms with van der Waals surface area (Å²) in [6.07, 6.45) is -4.01. The highest BCUT2D eigenvalue weighted by atomic mass is 19.4. The maximum absolute atomic E-state index is 12.1. The summed E-state index contributed by atoms with van der Waals surface area (Å²) in [7, 11) is 0. The summed E-state index contributed by atoms with van der Waals surface area (Å²) >= 11 is 0. The van der Waals surface area contributed by atoms with E-state index in [-0.39, 0.29) is 0 Å². The second-order valence-corrected chi connectivity index (χ2v) is 2.14. The molecule has 8 heteroatoms. The highest BCUT2D eigenvalue weighted by Crippen LogP contribution is 2.31.